The van der Waals surface area contributed by atoms with E-state index in [-0.39, 0.29) is 11.1 Å². The summed E-state index contributed by atoms with van der Waals surface area (Å²) in [6, 6.07) is 8.27. The molecule has 128 valence electrons. The molecule has 1 aliphatic heterocycles. The molecule has 1 aromatic rings. The van der Waals surface area contributed by atoms with Crippen LogP contribution in [-0.4, -0.2) is 20.7 Å². The minimum Gasteiger partial charge on any atom is -0.462 e. The Bertz CT molecular complexity index is 556. The van der Waals surface area contributed by atoms with Gasteiger partial charge in [0, 0.05) is 18.4 Å². The summed E-state index contributed by atoms with van der Waals surface area (Å²) in [6.45, 7) is 12.0. The van der Waals surface area contributed by atoms with Crippen molar-refractivity contribution in [1.82, 2.24) is 0 Å². The molecule has 3 nitrogen and oxygen atoms in total. The van der Waals surface area contributed by atoms with Gasteiger partial charge in [0.2, 0.25) is 5.79 Å². The van der Waals surface area contributed by atoms with Crippen LogP contribution in [0, 0.1) is 0 Å². The Morgan fingerprint density at radius 2 is 1.83 bits per heavy atom. The molecule has 0 radical (unpaired) electrons. The molecule has 1 aliphatic carbocycles. The molecular formula is C19H30O3Si. The van der Waals surface area contributed by atoms with Crippen LogP contribution in [0.5, 0.6) is 5.75 Å². The molecule has 0 amide bonds. The fourth-order valence-electron chi connectivity index (χ4n) is 3.14. The number of benzene rings is 1. The molecular weight excluding hydrogens is 304 g/mol. The van der Waals surface area contributed by atoms with Crippen LogP contribution in [0.2, 0.25) is 18.1 Å². The fourth-order valence-corrected chi connectivity index (χ4v) is 4.15. The molecule has 1 aromatic carbocycles. The van der Waals surface area contributed by atoms with Gasteiger partial charge in [0.25, 0.3) is 0 Å². The Labute approximate surface area is 141 Å². The van der Waals surface area contributed by atoms with E-state index in [9.17, 15) is 0 Å². The van der Waals surface area contributed by atoms with E-state index >= 15 is 0 Å². The Balaban J connectivity index is 1.80. The van der Waals surface area contributed by atoms with Gasteiger partial charge in [0.15, 0.2) is 8.32 Å². The summed E-state index contributed by atoms with van der Waals surface area (Å²) in [5.41, 5.74) is 1.13. The van der Waals surface area contributed by atoms with Crippen molar-refractivity contribution in [3.05, 3.63) is 29.8 Å². The van der Waals surface area contributed by atoms with Gasteiger partial charge in [-0.1, -0.05) is 39.0 Å². The molecule has 0 unspecified atom stereocenters. The van der Waals surface area contributed by atoms with E-state index in [0.29, 0.717) is 6.61 Å². The molecule has 3 rings (SSSR count). The molecule has 2 aliphatic rings. The Hall–Kier alpha value is -0.843. The monoisotopic (exact) mass is 334 g/mol. The van der Waals surface area contributed by atoms with Gasteiger partial charge in [-0.25, -0.2) is 0 Å². The lowest BCUT2D eigenvalue weighted by Crippen LogP contribution is -2.45. The predicted octanol–water partition coefficient (Wildman–Crippen LogP) is 5.43. The topological polar surface area (TPSA) is 27.7 Å². The van der Waals surface area contributed by atoms with E-state index < -0.39 is 14.1 Å². The van der Waals surface area contributed by atoms with Gasteiger partial charge in [-0.3, -0.25) is 0 Å². The molecule has 1 atom stereocenters. The Kier molecular flexibility index (Phi) is 4.36. The van der Waals surface area contributed by atoms with Crippen LogP contribution in [-0.2, 0) is 9.16 Å². The average Bonchev–Trinajstić information content (AvgIpc) is 2.91. The quantitative estimate of drug-likeness (QED) is 0.690. The highest BCUT2D eigenvalue weighted by Crippen LogP contribution is 2.46. The molecule has 23 heavy (non-hydrogen) atoms. The molecule has 4 heteroatoms. The van der Waals surface area contributed by atoms with Gasteiger partial charge in [-0.05, 0) is 37.0 Å². The zero-order chi connectivity index (χ0) is 16.7. The Morgan fingerprint density at radius 1 is 1.17 bits per heavy atom. The summed E-state index contributed by atoms with van der Waals surface area (Å²) < 4.78 is 19.1. The van der Waals surface area contributed by atoms with E-state index in [1.165, 1.54) is 12.8 Å². The van der Waals surface area contributed by atoms with Crippen LogP contribution in [0.3, 0.4) is 0 Å². The molecule has 0 saturated heterocycles. The summed E-state index contributed by atoms with van der Waals surface area (Å²) in [7, 11) is -1.78. The third-order valence-electron chi connectivity index (χ3n) is 5.69. The normalized spacial score (nSPS) is 23.6. The van der Waals surface area contributed by atoms with Crippen LogP contribution < -0.4 is 4.74 Å². The lowest BCUT2D eigenvalue weighted by Gasteiger charge is -2.42. The lowest BCUT2D eigenvalue weighted by molar-refractivity contribution is -0.231. The lowest BCUT2D eigenvalue weighted by atomic mass is 10.1. The molecule has 0 aromatic heterocycles. The maximum absolute atomic E-state index is 6.45. The molecule has 1 heterocycles. The predicted molar refractivity (Wildman–Crippen MR) is 95.2 cm³/mol. The summed E-state index contributed by atoms with van der Waals surface area (Å²) in [6.07, 6.45) is 4.30. The first-order valence-electron chi connectivity index (χ1n) is 8.82. The van der Waals surface area contributed by atoms with Gasteiger partial charge in [0.05, 0.1) is 6.61 Å². The number of rotatable bonds is 3. The summed E-state index contributed by atoms with van der Waals surface area (Å²) in [5.74, 6) is 0.556. The Morgan fingerprint density at radius 3 is 2.48 bits per heavy atom. The second-order valence-electron chi connectivity index (χ2n) is 8.44. The summed E-state index contributed by atoms with van der Waals surface area (Å²) >= 11 is 0. The van der Waals surface area contributed by atoms with Gasteiger partial charge >= 0.3 is 0 Å². The first kappa shape index (κ1) is 17.0. The van der Waals surface area contributed by atoms with Crippen molar-refractivity contribution in [2.24, 2.45) is 0 Å². The number of ether oxygens (including phenoxy) is 2. The second-order valence-corrected chi connectivity index (χ2v) is 13.2. The van der Waals surface area contributed by atoms with Crippen molar-refractivity contribution in [2.45, 2.75) is 76.5 Å². The second kappa shape index (κ2) is 5.90. The number of hydrogen-bond acceptors (Lipinski definition) is 3. The largest absolute Gasteiger partial charge is 0.462 e. The van der Waals surface area contributed by atoms with Crippen LogP contribution in [0.1, 0.15) is 58.1 Å². The zero-order valence-electron chi connectivity index (χ0n) is 15.1. The van der Waals surface area contributed by atoms with Gasteiger partial charge in [0.1, 0.15) is 11.9 Å². The highest BCUT2D eigenvalue weighted by molar-refractivity contribution is 6.74. The minimum atomic E-state index is -1.78. The van der Waals surface area contributed by atoms with Crippen molar-refractivity contribution in [3.63, 3.8) is 0 Å². The first-order chi connectivity index (χ1) is 10.7. The van der Waals surface area contributed by atoms with Gasteiger partial charge in [-0.2, -0.15) is 0 Å². The van der Waals surface area contributed by atoms with Gasteiger partial charge < -0.3 is 13.9 Å². The molecule has 1 spiro atoms. The van der Waals surface area contributed by atoms with Crippen LogP contribution in [0.4, 0.5) is 0 Å². The summed E-state index contributed by atoms with van der Waals surface area (Å²) in [5, 5.41) is 0.211. The highest BCUT2D eigenvalue weighted by Gasteiger charge is 2.45. The summed E-state index contributed by atoms with van der Waals surface area (Å²) in [4.78, 5) is 0. The van der Waals surface area contributed by atoms with Crippen molar-refractivity contribution >= 4 is 8.32 Å². The molecule has 0 bridgehead atoms. The van der Waals surface area contributed by atoms with Crippen molar-refractivity contribution in [2.75, 3.05) is 6.61 Å². The number of fused-ring (bicyclic) bond motifs is 1. The molecule has 1 saturated carbocycles. The van der Waals surface area contributed by atoms with E-state index in [1.54, 1.807) is 0 Å². The standard InChI is InChI=1S/C19H30O3Si/c1-18(2,3)23(4,5)20-14-17-15-10-6-7-11-16(15)21-19(22-17)12-8-9-13-19/h6-7,10-11,17H,8-9,12-14H2,1-5H3/t17-/m1/s1. The number of para-hydroxylation sites is 1. The van der Waals surface area contributed by atoms with Crippen LogP contribution in [0.15, 0.2) is 24.3 Å². The van der Waals surface area contributed by atoms with Crippen molar-refractivity contribution in [3.8, 4) is 5.75 Å². The van der Waals surface area contributed by atoms with Gasteiger partial charge in [-0.15, -0.1) is 0 Å². The third-order valence-corrected chi connectivity index (χ3v) is 10.2. The molecule has 1 fully saturated rings. The zero-order valence-corrected chi connectivity index (χ0v) is 16.1. The first-order valence-corrected chi connectivity index (χ1v) is 11.7. The average molecular weight is 335 g/mol. The van der Waals surface area contributed by atoms with E-state index in [4.69, 9.17) is 13.9 Å². The van der Waals surface area contributed by atoms with Crippen LogP contribution >= 0.6 is 0 Å². The minimum absolute atomic E-state index is 0.0211. The third kappa shape index (κ3) is 3.35. The van der Waals surface area contributed by atoms with E-state index in [1.807, 2.05) is 6.07 Å². The number of hydrogen-bond donors (Lipinski definition) is 0. The van der Waals surface area contributed by atoms with Crippen molar-refractivity contribution < 1.29 is 13.9 Å². The fraction of sp³-hybridized carbons (Fsp3) is 0.684. The van der Waals surface area contributed by atoms with E-state index in [2.05, 4.69) is 52.1 Å². The van der Waals surface area contributed by atoms with Crippen molar-refractivity contribution in [1.29, 1.82) is 0 Å². The maximum atomic E-state index is 6.45. The smallest absolute Gasteiger partial charge is 0.211 e. The molecule has 0 N–H and O–H groups in total. The van der Waals surface area contributed by atoms with Crippen LogP contribution in [0.25, 0.3) is 0 Å². The maximum Gasteiger partial charge on any atom is 0.211 e. The SMILES string of the molecule is CC(C)(C)[Si](C)(C)OC[C@H]1OC2(CCCC2)Oc2ccccc21. The van der Waals surface area contributed by atoms with E-state index in [0.717, 1.165) is 24.2 Å². The highest BCUT2D eigenvalue weighted by atomic mass is 28.4.